The van der Waals surface area contributed by atoms with Crippen LogP contribution in [0.1, 0.15) is 5.56 Å². The van der Waals surface area contributed by atoms with Crippen molar-refractivity contribution in [2.45, 2.75) is 0 Å². The Kier molecular flexibility index (Phi) is 2.65. The van der Waals surface area contributed by atoms with Gasteiger partial charge in [-0.1, -0.05) is 0 Å². The van der Waals surface area contributed by atoms with Crippen molar-refractivity contribution in [3.8, 4) is 17.5 Å². The van der Waals surface area contributed by atoms with E-state index in [0.717, 1.165) is 12.1 Å². The summed E-state index contributed by atoms with van der Waals surface area (Å²) in [5.41, 5.74) is 0.594. The first-order chi connectivity index (χ1) is 9.61. The van der Waals surface area contributed by atoms with E-state index in [1.54, 1.807) is 12.1 Å². The lowest BCUT2D eigenvalue weighted by molar-refractivity contribution is 0.475. The van der Waals surface area contributed by atoms with Crippen LogP contribution in [0.5, 0.6) is 5.75 Å². The quantitative estimate of drug-likeness (QED) is 0.735. The van der Waals surface area contributed by atoms with Crippen molar-refractivity contribution in [2.24, 2.45) is 0 Å². The summed E-state index contributed by atoms with van der Waals surface area (Å²) in [6.07, 6.45) is 1.38. The van der Waals surface area contributed by atoms with Crippen LogP contribution in [0.25, 0.3) is 16.6 Å². The van der Waals surface area contributed by atoms with Gasteiger partial charge in [0.25, 0.3) is 0 Å². The molecule has 0 aliphatic rings. The fraction of sp³-hybridized carbons (Fsp3) is 0. The fourth-order valence-corrected chi connectivity index (χ4v) is 2.19. The highest BCUT2D eigenvalue weighted by Crippen LogP contribution is 2.29. The molecule has 0 atom stereocenters. The van der Waals surface area contributed by atoms with Crippen molar-refractivity contribution in [3.05, 3.63) is 59.8 Å². The smallest absolute Gasteiger partial charge is 0.148 e. The van der Waals surface area contributed by atoms with Crippen LogP contribution in [0.3, 0.4) is 0 Å². The Morgan fingerprint density at radius 3 is 2.30 bits per heavy atom. The molecule has 0 amide bonds. The number of benzene rings is 2. The predicted molar refractivity (Wildman–Crippen MR) is 69.6 cm³/mol. The predicted octanol–water partition coefficient (Wildman–Crippen LogP) is 3.49. The second-order valence-corrected chi connectivity index (χ2v) is 4.29. The molecule has 5 heteroatoms. The Balaban J connectivity index is 2.40. The molecule has 0 radical (unpaired) electrons. The number of fused-ring (bicyclic) bond motifs is 1. The molecule has 0 saturated carbocycles. The molecule has 0 aliphatic heterocycles. The van der Waals surface area contributed by atoms with Gasteiger partial charge in [0.1, 0.15) is 23.5 Å². The topological polar surface area (TPSA) is 49.0 Å². The molecule has 0 spiro atoms. The summed E-state index contributed by atoms with van der Waals surface area (Å²) >= 11 is 0. The molecule has 0 bridgehead atoms. The van der Waals surface area contributed by atoms with Gasteiger partial charge in [-0.2, -0.15) is 5.26 Å². The van der Waals surface area contributed by atoms with Crippen molar-refractivity contribution < 1.29 is 13.9 Å². The van der Waals surface area contributed by atoms with Crippen LogP contribution in [-0.2, 0) is 0 Å². The van der Waals surface area contributed by atoms with Gasteiger partial charge in [-0.15, -0.1) is 0 Å². The molecule has 0 unspecified atom stereocenters. The Labute approximate surface area is 112 Å². The van der Waals surface area contributed by atoms with E-state index in [4.69, 9.17) is 5.26 Å². The minimum absolute atomic E-state index is 0.00670. The van der Waals surface area contributed by atoms with Crippen LogP contribution in [0.4, 0.5) is 8.78 Å². The third-order valence-electron chi connectivity index (χ3n) is 3.09. The number of halogens is 2. The molecule has 0 saturated heterocycles. The minimum Gasteiger partial charge on any atom is -0.508 e. The van der Waals surface area contributed by atoms with Gasteiger partial charge in [0.05, 0.1) is 16.5 Å². The molecule has 0 fully saturated rings. The lowest BCUT2D eigenvalue weighted by Crippen LogP contribution is -1.94. The number of phenols is 1. The number of nitrogens with zero attached hydrogens (tertiary/aromatic N) is 2. The average molecular weight is 270 g/mol. The van der Waals surface area contributed by atoms with Crippen molar-refractivity contribution in [1.29, 1.82) is 5.26 Å². The van der Waals surface area contributed by atoms with Gasteiger partial charge in [-0.05, 0) is 36.4 Å². The lowest BCUT2D eigenvalue weighted by atomic mass is 10.2. The Bertz CT molecular complexity index is 845. The Hall–Kier alpha value is -2.87. The Morgan fingerprint density at radius 1 is 1.00 bits per heavy atom. The van der Waals surface area contributed by atoms with Crippen LogP contribution in [0.2, 0.25) is 0 Å². The first-order valence-corrected chi connectivity index (χ1v) is 5.80. The Morgan fingerprint density at radius 2 is 1.65 bits per heavy atom. The summed E-state index contributed by atoms with van der Waals surface area (Å²) in [5, 5.41) is 18.3. The SMILES string of the molecule is N#Cc1cn(-c2ccc(O)cc2)c2c(F)ccc(F)c12. The summed E-state index contributed by atoms with van der Waals surface area (Å²) in [6, 6.07) is 9.87. The average Bonchev–Trinajstić information content (AvgIpc) is 2.84. The normalized spacial score (nSPS) is 10.7. The summed E-state index contributed by atoms with van der Waals surface area (Å²) < 4.78 is 29.2. The van der Waals surface area contributed by atoms with E-state index < -0.39 is 11.6 Å². The number of hydrogen-bond acceptors (Lipinski definition) is 2. The molecular weight excluding hydrogens is 262 g/mol. The van der Waals surface area contributed by atoms with Crippen LogP contribution in [0, 0.1) is 23.0 Å². The molecule has 2 aromatic carbocycles. The third kappa shape index (κ3) is 1.70. The largest absolute Gasteiger partial charge is 0.508 e. The van der Waals surface area contributed by atoms with Crippen molar-refractivity contribution >= 4 is 10.9 Å². The molecule has 1 N–H and O–H groups in total. The van der Waals surface area contributed by atoms with Crippen LogP contribution < -0.4 is 0 Å². The highest BCUT2D eigenvalue weighted by Gasteiger charge is 2.17. The molecule has 3 aromatic rings. The molecule has 3 rings (SSSR count). The van der Waals surface area contributed by atoms with Crippen molar-refractivity contribution in [3.63, 3.8) is 0 Å². The molecular formula is C15H8F2N2O. The van der Waals surface area contributed by atoms with Crippen LogP contribution in [0.15, 0.2) is 42.6 Å². The zero-order valence-electron chi connectivity index (χ0n) is 10.1. The molecule has 98 valence electrons. The number of hydrogen-bond donors (Lipinski definition) is 1. The zero-order chi connectivity index (χ0) is 14.3. The second-order valence-electron chi connectivity index (χ2n) is 4.29. The lowest BCUT2D eigenvalue weighted by Gasteiger charge is -2.06. The van der Waals surface area contributed by atoms with Gasteiger partial charge in [0, 0.05) is 11.9 Å². The summed E-state index contributed by atoms with van der Waals surface area (Å²) in [4.78, 5) is 0. The highest BCUT2D eigenvalue weighted by molar-refractivity contribution is 5.89. The number of aromatic nitrogens is 1. The number of nitriles is 1. The maximum atomic E-state index is 14.0. The second kappa shape index (κ2) is 4.35. The first kappa shape index (κ1) is 12.2. The maximum Gasteiger partial charge on any atom is 0.148 e. The zero-order valence-corrected chi connectivity index (χ0v) is 10.1. The molecule has 1 heterocycles. The summed E-state index contributed by atoms with van der Waals surface area (Å²) in [7, 11) is 0. The molecule has 3 nitrogen and oxygen atoms in total. The van der Waals surface area contributed by atoms with E-state index in [2.05, 4.69) is 0 Å². The molecule has 20 heavy (non-hydrogen) atoms. The maximum absolute atomic E-state index is 14.0. The van der Waals surface area contributed by atoms with E-state index in [0.29, 0.717) is 5.69 Å². The number of phenolic OH excluding ortho intramolecular Hbond substituents is 1. The van der Waals surface area contributed by atoms with E-state index in [1.165, 1.54) is 22.9 Å². The van der Waals surface area contributed by atoms with Crippen LogP contribution in [-0.4, -0.2) is 9.67 Å². The van der Waals surface area contributed by atoms with Gasteiger partial charge >= 0.3 is 0 Å². The van der Waals surface area contributed by atoms with E-state index in [1.807, 2.05) is 6.07 Å². The molecule has 1 aromatic heterocycles. The monoisotopic (exact) mass is 270 g/mol. The van der Waals surface area contributed by atoms with E-state index in [-0.39, 0.29) is 22.2 Å². The van der Waals surface area contributed by atoms with Gasteiger partial charge in [-0.25, -0.2) is 8.78 Å². The highest BCUT2D eigenvalue weighted by atomic mass is 19.1. The van der Waals surface area contributed by atoms with Gasteiger partial charge < -0.3 is 9.67 Å². The molecule has 0 aliphatic carbocycles. The van der Waals surface area contributed by atoms with Crippen molar-refractivity contribution in [1.82, 2.24) is 4.57 Å². The fourth-order valence-electron chi connectivity index (χ4n) is 2.19. The van der Waals surface area contributed by atoms with Crippen molar-refractivity contribution in [2.75, 3.05) is 0 Å². The number of rotatable bonds is 1. The van der Waals surface area contributed by atoms with Gasteiger partial charge in [0.15, 0.2) is 0 Å². The summed E-state index contributed by atoms with van der Waals surface area (Å²) in [5.74, 6) is -1.19. The summed E-state index contributed by atoms with van der Waals surface area (Å²) in [6.45, 7) is 0. The van der Waals surface area contributed by atoms with E-state index >= 15 is 0 Å². The number of aromatic hydroxyl groups is 1. The van der Waals surface area contributed by atoms with Gasteiger partial charge in [-0.3, -0.25) is 0 Å². The third-order valence-corrected chi connectivity index (χ3v) is 3.09. The first-order valence-electron chi connectivity index (χ1n) is 5.80. The minimum atomic E-state index is -0.643. The van der Waals surface area contributed by atoms with Gasteiger partial charge in [0.2, 0.25) is 0 Å². The van der Waals surface area contributed by atoms with Crippen LogP contribution >= 0.6 is 0 Å². The van der Waals surface area contributed by atoms with E-state index in [9.17, 15) is 13.9 Å². The standard InChI is InChI=1S/C15H8F2N2O/c16-12-5-6-13(17)15-14(12)9(7-18)8-19(15)10-1-3-11(20)4-2-10/h1-6,8,20H.